The van der Waals surface area contributed by atoms with Crippen molar-refractivity contribution in [2.24, 2.45) is 5.92 Å². The van der Waals surface area contributed by atoms with Crippen molar-refractivity contribution in [1.82, 2.24) is 15.1 Å². The third kappa shape index (κ3) is 5.81. The van der Waals surface area contributed by atoms with Gasteiger partial charge in [0.2, 0.25) is 0 Å². The third-order valence-electron chi connectivity index (χ3n) is 4.39. The Bertz CT molecular complexity index is 563. The van der Waals surface area contributed by atoms with Crippen molar-refractivity contribution in [3.8, 4) is 11.5 Å². The molecule has 0 spiro atoms. The lowest BCUT2D eigenvalue weighted by Crippen LogP contribution is -2.42. The molecule has 1 aliphatic rings. The van der Waals surface area contributed by atoms with E-state index in [9.17, 15) is 4.79 Å². The van der Waals surface area contributed by atoms with Crippen LogP contribution in [0.1, 0.15) is 25.8 Å². The smallest absolute Gasteiger partial charge is 0.317 e. The minimum absolute atomic E-state index is 0.00109. The van der Waals surface area contributed by atoms with Crippen molar-refractivity contribution in [2.45, 2.75) is 26.8 Å². The van der Waals surface area contributed by atoms with Gasteiger partial charge in [0.25, 0.3) is 0 Å². The molecule has 0 aliphatic carbocycles. The van der Waals surface area contributed by atoms with Gasteiger partial charge in [-0.05, 0) is 36.6 Å². The summed E-state index contributed by atoms with van der Waals surface area (Å²) in [6.07, 6.45) is 1.02. The lowest BCUT2D eigenvalue weighted by molar-refractivity contribution is 0.196. The number of ether oxygens (including phenoxy) is 2. The van der Waals surface area contributed by atoms with Crippen molar-refractivity contribution in [1.29, 1.82) is 0 Å². The van der Waals surface area contributed by atoms with Crippen molar-refractivity contribution >= 4 is 6.03 Å². The van der Waals surface area contributed by atoms with Crippen LogP contribution in [0.5, 0.6) is 11.5 Å². The fraction of sp³-hybridized carbons (Fsp3) is 0.632. The highest BCUT2D eigenvalue weighted by atomic mass is 16.5. The monoisotopic (exact) mass is 349 g/mol. The first-order chi connectivity index (χ1) is 12.0. The van der Waals surface area contributed by atoms with Crippen LogP contribution in [-0.2, 0) is 6.54 Å². The topological polar surface area (TPSA) is 54.0 Å². The SMILES string of the molecule is COc1ccc(CNC(=O)N2CCCN(CC(C)C)CC2)cc1OC. The van der Waals surface area contributed by atoms with Crippen molar-refractivity contribution < 1.29 is 14.3 Å². The van der Waals surface area contributed by atoms with E-state index in [2.05, 4.69) is 24.1 Å². The molecular weight excluding hydrogens is 318 g/mol. The molecule has 1 N–H and O–H groups in total. The highest BCUT2D eigenvalue weighted by Crippen LogP contribution is 2.27. The second-order valence-corrected chi connectivity index (χ2v) is 6.88. The Morgan fingerprint density at radius 3 is 2.56 bits per heavy atom. The molecule has 1 aromatic rings. The van der Waals surface area contributed by atoms with E-state index < -0.39 is 0 Å². The molecule has 0 aromatic heterocycles. The number of rotatable bonds is 6. The molecule has 1 aromatic carbocycles. The number of hydrogen-bond acceptors (Lipinski definition) is 4. The van der Waals surface area contributed by atoms with E-state index in [-0.39, 0.29) is 6.03 Å². The molecule has 140 valence electrons. The number of hydrogen-bond donors (Lipinski definition) is 1. The summed E-state index contributed by atoms with van der Waals surface area (Å²) in [6.45, 7) is 9.65. The Morgan fingerprint density at radius 2 is 1.88 bits per heavy atom. The number of methoxy groups -OCH3 is 2. The van der Waals surface area contributed by atoms with E-state index in [0.29, 0.717) is 24.0 Å². The standard InChI is InChI=1S/C19H31N3O3/c1-15(2)14-21-8-5-9-22(11-10-21)19(23)20-13-16-6-7-17(24-3)18(12-16)25-4/h6-7,12,15H,5,8-11,13-14H2,1-4H3,(H,20,23). The number of benzene rings is 1. The van der Waals surface area contributed by atoms with E-state index in [1.807, 2.05) is 23.1 Å². The summed E-state index contributed by atoms with van der Waals surface area (Å²) < 4.78 is 10.5. The molecule has 1 saturated heterocycles. The van der Waals surface area contributed by atoms with Crippen LogP contribution in [0.4, 0.5) is 4.79 Å². The van der Waals surface area contributed by atoms with Gasteiger partial charge in [-0.15, -0.1) is 0 Å². The zero-order chi connectivity index (χ0) is 18.2. The summed E-state index contributed by atoms with van der Waals surface area (Å²) in [5.74, 6) is 2.02. The molecule has 2 rings (SSSR count). The van der Waals surface area contributed by atoms with Gasteiger partial charge in [0.15, 0.2) is 11.5 Å². The Labute approximate surface area is 151 Å². The Kier molecular flexibility index (Phi) is 7.37. The van der Waals surface area contributed by atoms with Crippen LogP contribution in [0, 0.1) is 5.92 Å². The Hall–Kier alpha value is -1.95. The lowest BCUT2D eigenvalue weighted by Gasteiger charge is -2.23. The third-order valence-corrected chi connectivity index (χ3v) is 4.39. The second-order valence-electron chi connectivity index (χ2n) is 6.88. The summed E-state index contributed by atoms with van der Waals surface area (Å²) in [5.41, 5.74) is 0.988. The molecule has 1 aliphatic heterocycles. The number of amides is 2. The van der Waals surface area contributed by atoms with Crippen molar-refractivity contribution in [2.75, 3.05) is 46.9 Å². The molecule has 0 saturated carbocycles. The van der Waals surface area contributed by atoms with Gasteiger partial charge in [0, 0.05) is 32.7 Å². The predicted octanol–water partition coefficient (Wildman–Crippen LogP) is 2.58. The highest BCUT2D eigenvalue weighted by Gasteiger charge is 2.19. The van der Waals surface area contributed by atoms with E-state index in [1.54, 1.807) is 14.2 Å². The summed E-state index contributed by atoms with van der Waals surface area (Å²) in [4.78, 5) is 16.8. The molecule has 6 nitrogen and oxygen atoms in total. The molecule has 1 fully saturated rings. The summed E-state index contributed by atoms with van der Waals surface area (Å²) in [6, 6.07) is 5.69. The van der Waals surface area contributed by atoms with Crippen LogP contribution in [0.15, 0.2) is 18.2 Å². The van der Waals surface area contributed by atoms with Gasteiger partial charge in [0.05, 0.1) is 14.2 Å². The van der Waals surface area contributed by atoms with Gasteiger partial charge in [0.1, 0.15) is 0 Å². The number of nitrogens with zero attached hydrogens (tertiary/aromatic N) is 2. The number of carbonyl (C=O) groups is 1. The van der Waals surface area contributed by atoms with Crippen LogP contribution >= 0.6 is 0 Å². The van der Waals surface area contributed by atoms with Crippen LogP contribution in [0.2, 0.25) is 0 Å². The van der Waals surface area contributed by atoms with Gasteiger partial charge < -0.3 is 24.6 Å². The maximum absolute atomic E-state index is 12.5. The zero-order valence-corrected chi connectivity index (χ0v) is 15.9. The normalized spacial score (nSPS) is 15.8. The Balaban J connectivity index is 1.85. The minimum Gasteiger partial charge on any atom is -0.493 e. The van der Waals surface area contributed by atoms with Crippen LogP contribution in [-0.4, -0.2) is 62.8 Å². The maximum Gasteiger partial charge on any atom is 0.317 e. The lowest BCUT2D eigenvalue weighted by atomic mass is 10.2. The fourth-order valence-electron chi connectivity index (χ4n) is 3.15. The highest BCUT2D eigenvalue weighted by molar-refractivity contribution is 5.74. The predicted molar refractivity (Wildman–Crippen MR) is 99.2 cm³/mol. The molecular formula is C19H31N3O3. The first-order valence-corrected chi connectivity index (χ1v) is 8.99. The number of nitrogens with one attached hydrogen (secondary N) is 1. The van der Waals surface area contributed by atoms with Gasteiger partial charge >= 0.3 is 6.03 Å². The van der Waals surface area contributed by atoms with Crippen LogP contribution in [0.3, 0.4) is 0 Å². The second kappa shape index (κ2) is 9.51. The molecule has 0 unspecified atom stereocenters. The molecule has 2 amide bonds. The average molecular weight is 349 g/mol. The van der Waals surface area contributed by atoms with Crippen LogP contribution < -0.4 is 14.8 Å². The largest absolute Gasteiger partial charge is 0.493 e. The zero-order valence-electron chi connectivity index (χ0n) is 15.9. The Morgan fingerprint density at radius 1 is 1.12 bits per heavy atom. The molecule has 1 heterocycles. The molecule has 0 atom stereocenters. The van der Waals surface area contributed by atoms with Gasteiger partial charge in [-0.2, -0.15) is 0 Å². The average Bonchev–Trinajstić information content (AvgIpc) is 2.84. The summed E-state index contributed by atoms with van der Waals surface area (Å²) in [5, 5.41) is 3.01. The van der Waals surface area contributed by atoms with Crippen LogP contribution in [0.25, 0.3) is 0 Å². The van der Waals surface area contributed by atoms with E-state index in [4.69, 9.17) is 9.47 Å². The quantitative estimate of drug-likeness (QED) is 0.858. The molecule has 0 radical (unpaired) electrons. The number of urea groups is 1. The van der Waals surface area contributed by atoms with Gasteiger partial charge in [-0.1, -0.05) is 19.9 Å². The molecule has 0 bridgehead atoms. The van der Waals surface area contributed by atoms with E-state index in [1.165, 1.54) is 0 Å². The summed E-state index contributed by atoms with van der Waals surface area (Å²) in [7, 11) is 3.22. The van der Waals surface area contributed by atoms with Crippen molar-refractivity contribution in [3.63, 3.8) is 0 Å². The van der Waals surface area contributed by atoms with Gasteiger partial charge in [-0.25, -0.2) is 4.79 Å². The molecule has 25 heavy (non-hydrogen) atoms. The van der Waals surface area contributed by atoms with E-state index >= 15 is 0 Å². The molecule has 6 heteroatoms. The first-order valence-electron chi connectivity index (χ1n) is 8.99. The van der Waals surface area contributed by atoms with E-state index in [0.717, 1.165) is 44.7 Å². The van der Waals surface area contributed by atoms with Crippen molar-refractivity contribution in [3.05, 3.63) is 23.8 Å². The fourth-order valence-corrected chi connectivity index (χ4v) is 3.15. The maximum atomic E-state index is 12.5. The first kappa shape index (κ1) is 19.4. The minimum atomic E-state index is 0.00109. The number of carbonyl (C=O) groups excluding carboxylic acids is 1. The van der Waals surface area contributed by atoms with Gasteiger partial charge in [-0.3, -0.25) is 0 Å². The summed E-state index contributed by atoms with van der Waals surface area (Å²) >= 11 is 0.